The van der Waals surface area contributed by atoms with Crippen LogP contribution in [-0.4, -0.2) is 11.7 Å². The fourth-order valence-corrected chi connectivity index (χ4v) is 2.32. The summed E-state index contributed by atoms with van der Waals surface area (Å²) in [6.45, 7) is 2.25. The molecule has 1 N–H and O–H groups in total. The lowest BCUT2D eigenvalue weighted by Gasteiger charge is -2.15. The summed E-state index contributed by atoms with van der Waals surface area (Å²) in [5.41, 5.74) is 2.36. The molecular weight excluding hydrogens is 238 g/mol. The Morgan fingerprint density at radius 3 is 2.53 bits per heavy atom. The average molecular weight is 257 g/mol. The molecule has 1 saturated carbocycles. The van der Waals surface area contributed by atoms with Gasteiger partial charge in [0.2, 0.25) is 5.91 Å². The van der Waals surface area contributed by atoms with E-state index in [1.54, 1.807) is 6.92 Å². The van der Waals surface area contributed by atoms with Gasteiger partial charge < -0.3 is 5.32 Å². The molecule has 0 bridgehead atoms. The Bertz CT molecular complexity index is 503. The Labute approximate surface area is 113 Å². The Hall–Kier alpha value is -1.90. The Balaban J connectivity index is 1.99. The largest absolute Gasteiger partial charge is 0.348 e. The number of nitrogens with one attached hydrogen (secondary N) is 1. The molecule has 1 aromatic carbocycles. The van der Waals surface area contributed by atoms with Gasteiger partial charge in [-0.15, -0.1) is 0 Å². The van der Waals surface area contributed by atoms with E-state index < -0.39 is 0 Å². The fraction of sp³-hybridized carbons (Fsp3) is 0.375. The Kier molecular flexibility index (Phi) is 4.50. The zero-order chi connectivity index (χ0) is 13.7. The zero-order valence-electron chi connectivity index (χ0n) is 11.2. The molecule has 3 heteroatoms. The summed E-state index contributed by atoms with van der Waals surface area (Å²) in [5.74, 6) is 0.00714. The van der Waals surface area contributed by atoms with E-state index in [-0.39, 0.29) is 11.7 Å². The van der Waals surface area contributed by atoms with E-state index in [2.05, 4.69) is 5.32 Å². The SMILES string of the molecule is C/C(C(=O)NCc1ccccc1)=C1\CCCCC1=O. The van der Waals surface area contributed by atoms with Crippen LogP contribution in [0, 0.1) is 0 Å². The summed E-state index contributed by atoms with van der Waals surface area (Å²) in [4.78, 5) is 23.8. The predicted molar refractivity (Wildman–Crippen MR) is 74.5 cm³/mol. The molecule has 0 aliphatic heterocycles. The maximum atomic E-state index is 12.0. The fourth-order valence-electron chi connectivity index (χ4n) is 2.32. The van der Waals surface area contributed by atoms with Crippen molar-refractivity contribution in [3.63, 3.8) is 0 Å². The molecule has 0 aromatic heterocycles. The summed E-state index contributed by atoms with van der Waals surface area (Å²) in [5, 5.41) is 2.87. The number of ketones is 1. The maximum Gasteiger partial charge on any atom is 0.247 e. The highest BCUT2D eigenvalue weighted by molar-refractivity contribution is 6.05. The molecule has 1 aliphatic rings. The number of amides is 1. The van der Waals surface area contributed by atoms with Crippen LogP contribution >= 0.6 is 0 Å². The predicted octanol–water partition coefficient (Wildman–Crippen LogP) is 2.76. The molecule has 19 heavy (non-hydrogen) atoms. The lowest BCUT2D eigenvalue weighted by Crippen LogP contribution is -2.26. The Morgan fingerprint density at radius 2 is 1.84 bits per heavy atom. The third-order valence-electron chi connectivity index (χ3n) is 3.51. The number of hydrogen-bond acceptors (Lipinski definition) is 2. The van der Waals surface area contributed by atoms with E-state index in [1.165, 1.54) is 0 Å². The zero-order valence-corrected chi connectivity index (χ0v) is 11.2. The minimum absolute atomic E-state index is 0.130. The van der Waals surface area contributed by atoms with Gasteiger partial charge in [0.05, 0.1) is 0 Å². The minimum atomic E-state index is -0.130. The number of carbonyl (C=O) groups excluding carboxylic acids is 2. The van der Waals surface area contributed by atoms with Crippen LogP contribution in [0.25, 0.3) is 0 Å². The van der Waals surface area contributed by atoms with Gasteiger partial charge in [-0.2, -0.15) is 0 Å². The van der Waals surface area contributed by atoms with Gasteiger partial charge in [0, 0.05) is 24.1 Å². The third-order valence-corrected chi connectivity index (χ3v) is 3.51. The van der Waals surface area contributed by atoms with Crippen LogP contribution in [0.5, 0.6) is 0 Å². The van der Waals surface area contributed by atoms with E-state index >= 15 is 0 Å². The van der Waals surface area contributed by atoms with Crippen molar-refractivity contribution in [2.75, 3.05) is 0 Å². The van der Waals surface area contributed by atoms with Crippen molar-refractivity contribution in [1.82, 2.24) is 5.32 Å². The molecule has 100 valence electrons. The highest BCUT2D eigenvalue weighted by Gasteiger charge is 2.20. The molecule has 1 aromatic rings. The molecule has 0 unspecified atom stereocenters. The van der Waals surface area contributed by atoms with Crippen molar-refractivity contribution in [2.45, 2.75) is 39.2 Å². The van der Waals surface area contributed by atoms with Crippen LogP contribution in [0.4, 0.5) is 0 Å². The molecule has 1 fully saturated rings. The molecule has 1 aliphatic carbocycles. The first-order chi connectivity index (χ1) is 9.18. The monoisotopic (exact) mass is 257 g/mol. The first-order valence-corrected chi connectivity index (χ1v) is 6.73. The van der Waals surface area contributed by atoms with Crippen molar-refractivity contribution in [1.29, 1.82) is 0 Å². The minimum Gasteiger partial charge on any atom is -0.348 e. The van der Waals surface area contributed by atoms with E-state index in [0.717, 1.165) is 30.4 Å². The van der Waals surface area contributed by atoms with Crippen molar-refractivity contribution in [3.8, 4) is 0 Å². The van der Waals surface area contributed by atoms with Crippen molar-refractivity contribution >= 4 is 11.7 Å². The van der Waals surface area contributed by atoms with Gasteiger partial charge in [-0.05, 0) is 31.7 Å². The van der Waals surface area contributed by atoms with Crippen LogP contribution in [0.2, 0.25) is 0 Å². The number of rotatable bonds is 3. The lowest BCUT2D eigenvalue weighted by molar-refractivity contribution is -0.119. The highest BCUT2D eigenvalue weighted by atomic mass is 16.2. The van der Waals surface area contributed by atoms with Crippen molar-refractivity contribution < 1.29 is 9.59 Å². The highest BCUT2D eigenvalue weighted by Crippen LogP contribution is 2.22. The topological polar surface area (TPSA) is 46.2 Å². The van der Waals surface area contributed by atoms with Gasteiger partial charge in [-0.3, -0.25) is 9.59 Å². The standard InChI is InChI=1S/C16H19NO2/c1-12(14-9-5-6-10-15(14)18)16(19)17-11-13-7-3-2-4-8-13/h2-4,7-8H,5-6,9-11H2,1H3,(H,17,19)/b14-12-. The van der Waals surface area contributed by atoms with E-state index in [4.69, 9.17) is 0 Å². The summed E-state index contributed by atoms with van der Waals surface area (Å²) in [6.07, 6.45) is 3.27. The van der Waals surface area contributed by atoms with Crippen LogP contribution in [0.15, 0.2) is 41.5 Å². The van der Waals surface area contributed by atoms with Crippen LogP contribution in [0.3, 0.4) is 0 Å². The summed E-state index contributed by atoms with van der Waals surface area (Å²) in [6, 6.07) is 9.76. The molecule has 0 radical (unpaired) electrons. The molecule has 0 spiro atoms. The van der Waals surface area contributed by atoms with E-state index in [9.17, 15) is 9.59 Å². The average Bonchev–Trinajstić information content (AvgIpc) is 2.45. The summed E-state index contributed by atoms with van der Waals surface area (Å²) in [7, 11) is 0. The van der Waals surface area contributed by atoms with Crippen LogP contribution in [-0.2, 0) is 16.1 Å². The number of allylic oxidation sites excluding steroid dienone is 1. The molecule has 1 amide bonds. The quantitative estimate of drug-likeness (QED) is 0.846. The molecule has 3 nitrogen and oxygen atoms in total. The van der Waals surface area contributed by atoms with Crippen LogP contribution in [0.1, 0.15) is 38.2 Å². The van der Waals surface area contributed by atoms with E-state index in [0.29, 0.717) is 18.5 Å². The third kappa shape index (κ3) is 3.53. The maximum absolute atomic E-state index is 12.0. The van der Waals surface area contributed by atoms with Gasteiger partial charge >= 0.3 is 0 Å². The van der Waals surface area contributed by atoms with Gasteiger partial charge in [0.1, 0.15) is 0 Å². The van der Waals surface area contributed by atoms with Gasteiger partial charge in [0.15, 0.2) is 5.78 Å². The molecule has 2 rings (SSSR count). The number of benzene rings is 1. The Morgan fingerprint density at radius 1 is 1.16 bits per heavy atom. The van der Waals surface area contributed by atoms with Crippen LogP contribution < -0.4 is 5.32 Å². The summed E-state index contributed by atoms with van der Waals surface area (Å²) >= 11 is 0. The molecule has 0 heterocycles. The molecule has 0 atom stereocenters. The smallest absolute Gasteiger partial charge is 0.247 e. The van der Waals surface area contributed by atoms with Gasteiger partial charge in [-0.25, -0.2) is 0 Å². The molecular formula is C16H19NO2. The van der Waals surface area contributed by atoms with E-state index in [1.807, 2.05) is 30.3 Å². The number of hydrogen-bond donors (Lipinski definition) is 1. The van der Waals surface area contributed by atoms with Crippen molar-refractivity contribution in [3.05, 3.63) is 47.0 Å². The number of carbonyl (C=O) groups is 2. The lowest BCUT2D eigenvalue weighted by atomic mass is 9.90. The number of Topliss-reactive ketones (excluding diaryl/α,β-unsaturated/α-hetero) is 1. The normalized spacial score (nSPS) is 18.1. The van der Waals surface area contributed by atoms with Gasteiger partial charge in [0.25, 0.3) is 0 Å². The first-order valence-electron chi connectivity index (χ1n) is 6.73. The first kappa shape index (κ1) is 13.5. The molecule has 0 saturated heterocycles. The summed E-state index contributed by atoms with van der Waals surface area (Å²) < 4.78 is 0. The second-order valence-corrected chi connectivity index (χ2v) is 4.90. The van der Waals surface area contributed by atoms with Gasteiger partial charge in [-0.1, -0.05) is 30.3 Å². The van der Waals surface area contributed by atoms with Crippen molar-refractivity contribution in [2.24, 2.45) is 0 Å². The second kappa shape index (κ2) is 6.32. The second-order valence-electron chi connectivity index (χ2n) is 4.90.